The second-order valence-corrected chi connectivity index (χ2v) is 13.1. The number of aromatic nitrogens is 1. The van der Waals surface area contributed by atoms with Crippen LogP contribution in [0.3, 0.4) is 0 Å². The Hall–Kier alpha value is -4.35. The van der Waals surface area contributed by atoms with E-state index in [1.54, 1.807) is 50.8 Å². The Kier molecular flexibility index (Phi) is 10.6. The topological polar surface area (TPSA) is 97.6 Å². The second-order valence-electron chi connectivity index (χ2n) is 11.2. The van der Waals surface area contributed by atoms with Crippen LogP contribution in [0.5, 0.6) is 23.0 Å². The van der Waals surface area contributed by atoms with Crippen LogP contribution >= 0.6 is 27.3 Å². The number of allylic oxidation sites excluding steroid dienone is 1. The first-order valence-electron chi connectivity index (χ1n) is 15.1. The maximum atomic E-state index is 14.2. The summed E-state index contributed by atoms with van der Waals surface area (Å²) in [6, 6.07) is 16.4. The molecule has 1 aliphatic rings. The van der Waals surface area contributed by atoms with Crippen molar-refractivity contribution < 1.29 is 28.5 Å². The molecule has 11 heteroatoms. The Morgan fingerprint density at radius 1 is 1.02 bits per heavy atom. The SMILES string of the molecule is CCOC(=O)C1=C(C)N=c2s/c(=C\c3cc(Br)c(OCc4ccc(C)cc4)c(OC)c3)c(=O)n2[C@H]1c1ccc(OC(C)C)c(OC)c1. The van der Waals surface area contributed by atoms with E-state index in [0.717, 1.165) is 11.1 Å². The number of hydrogen-bond acceptors (Lipinski definition) is 9. The van der Waals surface area contributed by atoms with Crippen LogP contribution in [0.4, 0.5) is 0 Å². The quantitative estimate of drug-likeness (QED) is 0.169. The number of nitrogens with zero attached hydrogens (tertiary/aromatic N) is 2. The summed E-state index contributed by atoms with van der Waals surface area (Å²) < 4.78 is 31.4. The van der Waals surface area contributed by atoms with E-state index in [1.807, 2.05) is 63.2 Å². The number of carbonyl (C=O) groups excluding carboxylic acids is 1. The van der Waals surface area contributed by atoms with Crippen molar-refractivity contribution >= 4 is 39.3 Å². The molecule has 9 nitrogen and oxygen atoms in total. The third-order valence-corrected chi connectivity index (χ3v) is 9.01. The van der Waals surface area contributed by atoms with Crippen LogP contribution in [-0.4, -0.2) is 37.5 Å². The lowest BCUT2D eigenvalue weighted by molar-refractivity contribution is -0.139. The third-order valence-electron chi connectivity index (χ3n) is 7.44. The standard InChI is InChI=1S/C36H37BrN2O7S/c1-8-44-35(41)31-22(5)38-36-39(32(31)25-13-14-27(46-20(2)3)28(18-25)42-6)34(40)30(47-36)17-24-15-26(37)33(29(16-24)43-7)45-19-23-11-9-21(4)10-12-23/h9-18,20,32H,8,19H2,1-7H3/b30-17-/t32-/m0/s1. The Labute approximate surface area is 285 Å². The first-order valence-corrected chi connectivity index (χ1v) is 16.8. The molecule has 4 aromatic rings. The molecule has 0 N–H and O–H groups in total. The molecule has 0 unspecified atom stereocenters. The molecule has 0 radical (unpaired) electrons. The maximum absolute atomic E-state index is 14.2. The van der Waals surface area contributed by atoms with Gasteiger partial charge in [-0.15, -0.1) is 0 Å². The number of rotatable bonds is 11. The predicted molar refractivity (Wildman–Crippen MR) is 185 cm³/mol. The van der Waals surface area contributed by atoms with Gasteiger partial charge in [-0.1, -0.05) is 47.2 Å². The molecule has 1 aliphatic heterocycles. The first kappa shape index (κ1) is 34.0. The highest BCUT2D eigenvalue weighted by Gasteiger charge is 2.34. The minimum atomic E-state index is -0.798. The van der Waals surface area contributed by atoms with Gasteiger partial charge in [-0.2, -0.15) is 0 Å². The second kappa shape index (κ2) is 14.6. The average molecular weight is 722 g/mol. The van der Waals surface area contributed by atoms with Crippen molar-refractivity contribution in [1.82, 2.24) is 4.57 Å². The van der Waals surface area contributed by atoms with Gasteiger partial charge in [0.2, 0.25) is 0 Å². The summed E-state index contributed by atoms with van der Waals surface area (Å²) in [5.74, 6) is 1.57. The Morgan fingerprint density at radius 3 is 2.40 bits per heavy atom. The summed E-state index contributed by atoms with van der Waals surface area (Å²) in [6.07, 6.45) is 1.71. The highest BCUT2D eigenvalue weighted by molar-refractivity contribution is 9.10. The monoisotopic (exact) mass is 720 g/mol. The zero-order chi connectivity index (χ0) is 33.8. The number of thiazole rings is 1. The Balaban J connectivity index is 1.59. The van der Waals surface area contributed by atoms with Crippen molar-refractivity contribution in [3.63, 3.8) is 0 Å². The number of halogens is 1. The molecule has 0 saturated carbocycles. The van der Waals surface area contributed by atoms with E-state index in [2.05, 4.69) is 20.9 Å². The molecular weight excluding hydrogens is 684 g/mol. The number of methoxy groups -OCH3 is 2. The van der Waals surface area contributed by atoms with Crippen LogP contribution in [0.25, 0.3) is 6.08 Å². The number of ether oxygens (including phenoxy) is 5. The van der Waals surface area contributed by atoms with E-state index in [0.29, 0.717) is 54.7 Å². The normalized spacial score (nSPS) is 14.5. The number of hydrogen-bond donors (Lipinski definition) is 0. The zero-order valence-corrected chi connectivity index (χ0v) is 29.8. The molecule has 1 atom stereocenters. The molecule has 2 heterocycles. The van der Waals surface area contributed by atoms with Crippen molar-refractivity contribution in [2.45, 2.75) is 53.4 Å². The molecular formula is C36H37BrN2O7S. The van der Waals surface area contributed by atoms with Crippen molar-refractivity contribution in [2.24, 2.45) is 4.99 Å². The summed E-state index contributed by atoms with van der Waals surface area (Å²) >= 11 is 4.87. The number of carbonyl (C=O) groups is 1. The average Bonchev–Trinajstić information content (AvgIpc) is 3.34. The van der Waals surface area contributed by atoms with E-state index in [1.165, 1.54) is 16.9 Å². The van der Waals surface area contributed by atoms with Crippen LogP contribution < -0.4 is 33.8 Å². The van der Waals surface area contributed by atoms with Gasteiger partial charge in [-0.05, 0) is 97.6 Å². The summed E-state index contributed by atoms with van der Waals surface area (Å²) in [6.45, 7) is 9.93. The minimum absolute atomic E-state index is 0.0721. The summed E-state index contributed by atoms with van der Waals surface area (Å²) in [4.78, 5) is 32.6. The lowest BCUT2D eigenvalue weighted by atomic mass is 9.95. The molecule has 5 rings (SSSR count). The van der Waals surface area contributed by atoms with Gasteiger partial charge in [0.15, 0.2) is 27.8 Å². The lowest BCUT2D eigenvalue weighted by Crippen LogP contribution is -2.40. The third kappa shape index (κ3) is 7.31. The van der Waals surface area contributed by atoms with Gasteiger partial charge < -0.3 is 23.7 Å². The fourth-order valence-corrected chi connectivity index (χ4v) is 6.89. The van der Waals surface area contributed by atoms with E-state index in [4.69, 9.17) is 23.7 Å². The Morgan fingerprint density at radius 2 is 1.74 bits per heavy atom. The van der Waals surface area contributed by atoms with Gasteiger partial charge in [-0.25, -0.2) is 9.79 Å². The number of esters is 1. The van der Waals surface area contributed by atoms with Crippen molar-refractivity contribution in [2.75, 3.05) is 20.8 Å². The predicted octanol–water partition coefficient (Wildman–Crippen LogP) is 6.25. The molecule has 3 aromatic carbocycles. The molecule has 0 amide bonds. The number of fused-ring (bicyclic) bond motifs is 1. The van der Waals surface area contributed by atoms with Gasteiger partial charge >= 0.3 is 5.97 Å². The first-order chi connectivity index (χ1) is 22.5. The maximum Gasteiger partial charge on any atom is 0.338 e. The van der Waals surface area contributed by atoms with Crippen LogP contribution in [0, 0.1) is 6.92 Å². The summed E-state index contributed by atoms with van der Waals surface area (Å²) in [5, 5.41) is 0. The van der Waals surface area contributed by atoms with Gasteiger partial charge in [0.1, 0.15) is 6.61 Å². The van der Waals surface area contributed by atoms with Crippen molar-refractivity contribution in [3.8, 4) is 23.0 Å². The van der Waals surface area contributed by atoms with Crippen molar-refractivity contribution in [3.05, 3.63) is 112 Å². The minimum Gasteiger partial charge on any atom is -0.493 e. The largest absolute Gasteiger partial charge is 0.493 e. The van der Waals surface area contributed by atoms with E-state index in [-0.39, 0.29) is 23.8 Å². The van der Waals surface area contributed by atoms with Crippen LogP contribution in [0.2, 0.25) is 0 Å². The molecule has 47 heavy (non-hydrogen) atoms. The molecule has 0 bridgehead atoms. The lowest BCUT2D eigenvalue weighted by Gasteiger charge is -2.25. The smallest absolute Gasteiger partial charge is 0.338 e. The molecule has 246 valence electrons. The van der Waals surface area contributed by atoms with E-state index in [9.17, 15) is 9.59 Å². The fourth-order valence-electron chi connectivity index (χ4n) is 5.27. The van der Waals surface area contributed by atoms with Crippen LogP contribution in [-0.2, 0) is 16.1 Å². The molecule has 0 fully saturated rings. The number of aryl methyl sites for hydroxylation is 1. The molecule has 1 aromatic heterocycles. The van der Waals surface area contributed by atoms with Gasteiger partial charge in [0, 0.05) is 0 Å². The van der Waals surface area contributed by atoms with E-state index >= 15 is 0 Å². The zero-order valence-electron chi connectivity index (χ0n) is 27.4. The highest BCUT2D eigenvalue weighted by atomic mass is 79.9. The van der Waals surface area contributed by atoms with Crippen molar-refractivity contribution in [1.29, 1.82) is 0 Å². The van der Waals surface area contributed by atoms with Crippen LogP contribution in [0.1, 0.15) is 56.0 Å². The van der Waals surface area contributed by atoms with Crippen LogP contribution in [0.15, 0.2) is 80.1 Å². The Bertz CT molecular complexity index is 2010. The van der Waals surface area contributed by atoms with Gasteiger partial charge in [-0.3, -0.25) is 9.36 Å². The molecule has 0 aliphatic carbocycles. The summed E-state index contributed by atoms with van der Waals surface area (Å²) in [5.41, 5.74) is 4.03. The molecule has 0 saturated heterocycles. The summed E-state index contributed by atoms with van der Waals surface area (Å²) in [7, 11) is 3.12. The highest BCUT2D eigenvalue weighted by Crippen LogP contribution is 2.38. The number of benzene rings is 3. The van der Waals surface area contributed by atoms with Gasteiger partial charge in [0.25, 0.3) is 5.56 Å². The van der Waals surface area contributed by atoms with E-state index < -0.39 is 12.0 Å². The molecule has 0 spiro atoms. The van der Waals surface area contributed by atoms with Gasteiger partial charge in [0.05, 0.1) is 53.2 Å². The fraction of sp³-hybridized carbons (Fsp3) is 0.306.